The summed E-state index contributed by atoms with van der Waals surface area (Å²) in [6.07, 6.45) is 2.20. The fourth-order valence-electron chi connectivity index (χ4n) is 2.91. The van der Waals surface area contributed by atoms with Crippen LogP contribution in [0.1, 0.15) is 20.9 Å². The number of fused-ring (bicyclic) bond motifs is 1. The molecule has 0 fully saturated rings. The number of amides is 1. The highest BCUT2D eigenvalue weighted by molar-refractivity contribution is 7.16. The van der Waals surface area contributed by atoms with Crippen molar-refractivity contribution in [3.05, 3.63) is 46.6 Å². The van der Waals surface area contributed by atoms with Crippen LogP contribution in [0.4, 0.5) is 5.13 Å². The molecule has 0 unspecified atom stereocenters. The number of carbonyl (C=O) groups is 2. The van der Waals surface area contributed by atoms with E-state index < -0.39 is 5.97 Å². The van der Waals surface area contributed by atoms with E-state index in [1.165, 1.54) is 18.4 Å². The van der Waals surface area contributed by atoms with Gasteiger partial charge in [0, 0.05) is 35.6 Å². The van der Waals surface area contributed by atoms with Crippen LogP contribution in [-0.2, 0) is 27.2 Å². The second kappa shape index (κ2) is 8.32. The summed E-state index contributed by atoms with van der Waals surface area (Å²) in [4.78, 5) is 29.0. The van der Waals surface area contributed by atoms with Crippen molar-refractivity contribution in [3.8, 4) is 0 Å². The molecule has 2 aromatic heterocycles. The van der Waals surface area contributed by atoms with E-state index in [0.29, 0.717) is 23.2 Å². The third kappa shape index (κ3) is 4.17. The number of hydrogen-bond acceptors (Lipinski definition) is 6. The SMILES string of the molecule is COCCn1cc(CC(=O)Nc2nc(C(=O)OC)c(C)s2)c2ccccc21. The molecule has 0 aliphatic carbocycles. The molecule has 1 N–H and O–H groups in total. The van der Waals surface area contributed by atoms with Crippen molar-refractivity contribution in [1.82, 2.24) is 9.55 Å². The van der Waals surface area contributed by atoms with Crippen LogP contribution in [-0.4, -0.2) is 42.3 Å². The molecule has 0 aliphatic heterocycles. The molecule has 0 radical (unpaired) electrons. The van der Waals surface area contributed by atoms with Gasteiger partial charge in [-0.25, -0.2) is 9.78 Å². The van der Waals surface area contributed by atoms with Crippen molar-refractivity contribution < 1.29 is 19.1 Å². The predicted octanol–water partition coefficient (Wildman–Crippen LogP) is 3.02. The van der Waals surface area contributed by atoms with Gasteiger partial charge in [-0.1, -0.05) is 18.2 Å². The summed E-state index contributed by atoms with van der Waals surface area (Å²) in [5, 5.41) is 4.20. The standard InChI is InChI=1S/C19H21N3O4S/c1-12-17(18(24)26-3)21-19(27-12)20-16(23)10-13-11-22(8-9-25-2)15-7-5-4-6-14(13)15/h4-7,11H,8-10H2,1-3H3,(H,20,21,23). The highest BCUT2D eigenvalue weighted by Gasteiger charge is 2.18. The number of thiazole rings is 1. The maximum atomic E-state index is 12.5. The van der Waals surface area contributed by atoms with Crippen molar-refractivity contribution in [1.29, 1.82) is 0 Å². The Morgan fingerprint density at radius 2 is 2.04 bits per heavy atom. The highest BCUT2D eigenvalue weighted by atomic mass is 32.1. The summed E-state index contributed by atoms with van der Waals surface area (Å²) in [7, 11) is 2.97. The molecular formula is C19H21N3O4S. The predicted molar refractivity (Wildman–Crippen MR) is 104 cm³/mol. The van der Waals surface area contributed by atoms with Crippen LogP contribution in [0.3, 0.4) is 0 Å². The zero-order valence-electron chi connectivity index (χ0n) is 15.4. The Morgan fingerprint density at radius 1 is 1.26 bits per heavy atom. The molecule has 0 saturated carbocycles. The molecule has 0 bridgehead atoms. The van der Waals surface area contributed by atoms with Crippen LogP contribution in [0.5, 0.6) is 0 Å². The molecule has 3 rings (SSSR count). The fourth-order valence-corrected chi connectivity index (χ4v) is 3.73. The number of esters is 1. The first-order valence-electron chi connectivity index (χ1n) is 8.44. The lowest BCUT2D eigenvalue weighted by atomic mass is 10.1. The Bertz CT molecular complexity index is 977. The lowest BCUT2D eigenvalue weighted by Gasteiger charge is -2.03. The number of benzene rings is 1. The molecule has 1 aromatic carbocycles. The molecule has 0 atom stereocenters. The number of para-hydroxylation sites is 1. The first-order valence-corrected chi connectivity index (χ1v) is 9.26. The summed E-state index contributed by atoms with van der Waals surface area (Å²) < 4.78 is 11.9. The smallest absolute Gasteiger partial charge is 0.357 e. The molecule has 27 heavy (non-hydrogen) atoms. The monoisotopic (exact) mass is 387 g/mol. The largest absolute Gasteiger partial charge is 0.464 e. The average molecular weight is 387 g/mol. The van der Waals surface area contributed by atoms with Gasteiger partial charge in [-0.05, 0) is 18.6 Å². The number of methoxy groups -OCH3 is 2. The number of anilines is 1. The van der Waals surface area contributed by atoms with Crippen molar-refractivity contribution in [2.45, 2.75) is 19.9 Å². The molecule has 0 saturated heterocycles. The zero-order chi connectivity index (χ0) is 19.4. The van der Waals surface area contributed by atoms with Gasteiger partial charge in [-0.3, -0.25) is 4.79 Å². The quantitative estimate of drug-likeness (QED) is 0.630. The first kappa shape index (κ1) is 19.1. The van der Waals surface area contributed by atoms with E-state index >= 15 is 0 Å². The lowest BCUT2D eigenvalue weighted by Crippen LogP contribution is -2.14. The summed E-state index contributed by atoms with van der Waals surface area (Å²) >= 11 is 1.25. The van der Waals surface area contributed by atoms with Crippen molar-refractivity contribution in [3.63, 3.8) is 0 Å². The normalized spacial score (nSPS) is 10.9. The van der Waals surface area contributed by atoms with E-state index in [4.69, 9.17) is 9.47 Å². The Labute approximate surface area is 160 Å². The lowest BCUT2D eigenvalue weighted by molar-refractivity contribution is -0.115. The minimum absolute atomic E-state index is 0.185. The molecule has 142 valence electrons. The molecule has 7 nitrogen and oxygen atoms in total. The van der Waals surface area contributed by atoms with Gasteiger partial charge in [0.1, 0.15) is 0 Å². The van der Waals surface area contributed by atoms with Gasteiger partial charge in [0.05, 0.1) is 20.1 Å². The van der Waals surface area contributed by atoms with Crippen molar-refractivity contribution in [2.24, 2.45) is 0 Å². The number of nitrogens with one attached hydrogen (secondary N) is 1. The second-order valence-corrected chi connectivity index (χ2v) is 7.20. The number of nitrogens with zero attached hydrogens (tertiary/aromatic N) is 2. The zero-order valence-corrected chi connectivity index (χ0v) is 16.3. The van der Waals surface area contributed by atoms with Crippen LogP contribution < -0.4 is 5.32 Å². The van der Waals surface area contributed by atoms with Crippen LogP contribution in [0.2, 0.25) is 0 Å². The Morgan fingerprint density at radius 3 is 2.78 bits per heavy atom. The number of carbonyl (C=O) groups excluding carboxylic acids is 2. The van der Waals surface area contributed by atoms with Crippen LogP contribution in [0.25, 0.3) is 10.9 Å². The summed E-state index contributed by atoms with van der Waals surface area (Å²) in [6.45, 7) is 3.08. The highest BCUT2D eigenvalue weighted by Crippen LogP contribution is 2.25. The Hall–Kier alpha value is -2.71. The Balaban J connectivity index is 1.77. The molecule has 2 heterocycles. The molecule has 0 spiro atoms. The molecule has 0 aliphatic rings. The van der Waals surface area contributed by atoms with Crippen LogP contribution >= 0.6 is 11.3 Å². The molecule has 8 heteroatoms. The van der Waals surface area contributed by atoms with E-state index in [0.717, 1.165) is 16.5 Å². The van der Waals surface area contributed by atoms with Crippen molar-refractivity contribution >= 4 is 39.2 Å². The summed E-state index contributed by atoms with van der Waals surface area (Å²) in [5.74, 6) is -0.694. The maximum Gasteiger partial charge on any atom is 0.357 e. The van der Waals surface area contributed by atoms with E-state index in [1.54, 1.807) is 14.0 Å². The summed E-state index contributed by atoms with van der Waals surface area (Å²) in [5.41, 5.74) is 2.23. The minimum atomic E-state index is -0.509. The number of aromatic nitrogens is 2. The average Bonchev–Trinajstić information content (AvgIpc) is 3.20. The van der Waals surface area contributed by atoms with E-state index in [2.05, 4.69) is 14.9 Å². The third-order valence-corrected chi connectivity index (χ3v) is 5.07. The summed E-state index contributed by atoms with van der Waals surface area (Å²) in [6, 6.07) is 7.96. The van der Waals surface area contributed by atoms with Gasteiger partial charge in [0.15, 0.2) is 10.8 Å². The van der Waals surface area contributed by atoms with E-state index in [1.807, 2.05) is 30.5 Å². The number of ether oxygens (including phenoxy) is 2. The third-order valence-electron chi connectivity index (χ3n) is 4.18. The van der Waals surface area contributed by atoms with Gasteiger partial charge in [0.2, 0.25) is 5.91 Å². The van der Waals surface area contributed by atoms with Crippen LogP contribution in [0, 0.1) is 6.92 Å². The van der Waals surface area contributed by atoms with Gasteiger partial charge in [-0.2, -0.15) is 0 Å². The van der Waals surface area contributed by atoms with Gasteiger partial charge in [-0.15, -0.1) is 11.3 Å². The number of hydrogen-bond donors (Lipinski definition) is 1. The fraction of sp³-hybridized carbons (Fsp3) is 0.316. The van der Waals surface area contributed by atoms with Gasteiger partial charge in [0.25, 0.3) is 0 Å². The topological polar surface area (TPSA) is 82.5 Å². The van der Waals surface area contributed by atoms with Crippen molar-refractivity contribution in [2.75, 3.05) is 26.1 Å². The van der Waals surface area contributed by atoms with Crippen LogP contribution in [0.15, 0.2) is 30.5 Å². The first-order chi connectivity index (χ1) is 13.0. The van der Waals surface area contributed by atoms with E-state index in [-0.39, 0.29) is 18.0 Å². The molecule has 1 amide bonds. The Kier molecular flexibility index (Phi) is 5.88. The van der Waals surface area contributed by atoms with Gasteiger partial charge < -0.3 is 19.4 Å². The molecule has 3 aromatic rings. The van der Waals surface area contributed by atoms with E-state index in [9.17, 15) is 9.59 Å². The maximum absolute atomic E-state index is 12.5. The van der Waals surface area contributed by atoms with Gasteiger partial charge >= 0.3 is 5.97 Å². The number of rotatable bonds is 7. The molecular weight excluding hydrogens is 366 g/mol. The number of aryl methyl sites for hydroxylation is 1. The minimum Gasteiger partial charge on any atom is -0.464 e. The second-order valence-electron chi connectivity index (χ2n) is 6.00.